The summed E-state index contributed by atoms with van der Waals surface area (Å²) in [5, 5.41) is 0. The molecule has 0 aliphatic heterocycles. The zero-order valence-electron chi connectivity index (χ0n) is 20.6. The van der Waals surface area contributed by atoms with Crippen molar-refractivity contribution in [3.05, 3.63) is 94.1 Å². The Kier molecular flexibility index (Phi) is 8.30. The molecule has 0 radical (unpaired) electrons. The lowest BCUT2D eigenvalue weighted by Crippen LogP contribution is -2.16. The van der Waals surface area contributed by atoms with Gasteiger partial charge in [-0.15, -0.1) is 0 Å². The quantitative estimate of drug-likeness (QED) is 0.281. The van der Waals surface area contributed by atoms with Gasteiger partial charge in [0, 0.05) is 5.56 Å². The molecule has 3 aromatic rings. The normalized spacial score (nSPS) is 18.1. The molecule has 35 heavy (non-hydrogen) atoms. The largest absolute Gasteiger partial charge is 0.203 e. The van der Waals surface area contributed by atoms with Gasteiger partial charge < -0.3 is 0 Å². The molecule has 0 heterocycles. The van der Waals surface area contributed by atoms with E-state index >= 15 is 0 Å². The second kappa shape index (κ2) is 11.4. The van der Waals surface area contributed by atoms with Crippen molar-refractivity contribution in [2.75, 3.05) is 0 Å². The maximum absolute atomic E-state index is 14.8. The third-order valence-corrected chi connectivity index (χ3v) is 7.66. The Hall–Kier alpha value is -2.62. The molecule has 0 spiro atoms. The van der Waals surface area contributed by atoms with Crippen LogP contribution in [0.5, 0.6) is 0 Å². The summed E-state index contributed by atoms with van der Waals surface area (Å²) < 4.78 is 58.7. The summed E-state index contributed by atoms with van der Waals surface area (Å²) in [7, 11) is 0. The summed E-state index contributed by atoms with van der Waals surface area (Å²) in [4.78, 5) is 0. The van der Waals surface area contributed by atoms with Gasteiger partial charge in [-0.25, -0.2) is 17.6 Å². The Morgan fingerprint density at radius 2 is 1.29 bits per heavy atom. The fourth-order valence-electron chi connectivity index (χ4n) is 5.43. The van der Waals surface area contributed by atoms with Gasteiger partial charge in [0.05, 0.1) is 0 Å². The molecule has 0 saturated heterocycles. The topological polar surface area (TPSA) is 0 Å². The van der Waals surface area contributed by atoms with Crippen LogP contribution in [-0.2, 0) is 19.3 Å². The molecule has 0 nitrogen and oxygen atoms in total. The number of rotatable bonds is 8. The minimum Gasteiger partial charge on any atom is -0.203 e. The number of hydrogen-bond acceptors (Lipinski definition) is 0. The van der Waals surface area contributed by atoms with Gasteiger partial charge in [0.2, 0.25) is 0 Å². The van der Waals surface area contributed by atoms with Crippen LogP contribution in [0.2, 0.25) is 0 Å². The highest BCUT2D eigenvalue weighted by atomic mass is 19.2. The fraction of sp³-hybridized carbons (Fsp3) is 0.419. The Bertz CT molecular complexity index is 1140. The highest BCUT2D eigenvalue weighted by Gasteiger charge is 2.26. The molecule has 0 aromatic heterocycles. The van der Waals surface area contributed by atoms with E-state index in [1.54, 1.807) is 24.3 Å². The van der Waals surface area contributed by atoms with Crippen molar-refractivity contribution < 1.29 is 17.6 Å². The maximum Gasteiger partial charge on any atom is 0.166 e. The Labute approximate surface area is 206 Å². The van der Waals surface area contributed by atoms with Crippen LogP contribution in [-0.4, -0.2) is 0 Å². The van der Waals surface area contributed by atoms with E-state index in [0.29, 0.717) is 41.0 Å². The highest BCUT2D eigenvalue weighted by Crippen LogP contribution is 2.39. The van der Waals surface area contributed by atoms with E-state index in [0.717, 1.165) is 50.5 Å². The molecule has 0 atom stereocenters. The fourth-order valence-corrected chi connectivity index (χ4v) is 5.43. The van der Waals surface area contributed by atoms with Gasteiger partial charge in [-0.1, -0.05) is 68.8 Å². The Balaban J connectivity index is 1.36. The van der Waals surface area contributed by atoms with E-state index in [-0.39, 0.29) is 11.5 Å². The van der Waals surface area contributed by atoms with Crippen molar-refractivity contribution in [1.29, 1.82) is 0 Å². The van der Waals surface area contributed by atoms with Crippen molar-refractivity contribution in [2.24, 2.45) is 5.92 Å². The summed E-state index contributed by atoms with van der Waals surface area (Å²) in [6, 6.07) is 14.4. The molecular weight excluding hydrogens is 448 g/mol. The van der Waals surface area contributed by atoms with Crippen molar-refractivity contribution in [2.45, 2.75) is 77.6 Å². The van der Waals surface area contributed by atoms with Crippen molar-refractivity contribution in [1.82, 2.24) is 0 Å². The molecule has 4 heteroatoms. The van der Waals surface area contributed by atoms with Gasteiger partial charge in [0.25, 0.3) is 0 Å². The third kappa shape index (κ3) is 5.63. The van der Waals surface area contributed by atoms with Gasteiger partial charge in [-0.05, 0) is 91.0 Å². The van der Waals surface area contributed by atoms with Crippen molar-refractivity contribution in [3.8, 4) is 11.1 Å². The first-order valence-corrected chi connectivity index (χ1v) is 13.0. The molecule has 0 bridgehead atoms. The first kappa shape index (κ1) is 25.5. The smallest absolute Gasteiger partial charge is 0.166 e. The zero-order valence-corrected chi connectivity index (χ0v) is 20.6. The van der Waals surface area contributed by atoms with Crippen LogP contribution >= 0.6 is 0 Å². The third-order valence-electron chi connectivity index (χ3n) is 7.66. The molecular formula is C31H34F4. The Morgan fingerprint density at radius 3 is 1.94 bits per heavy atom. The van der Waals surface area contributed by atoms with Crippen LogP contribution in [0.15, 0.2) is 48.5 Å². The van der Waals surface area contributed by atoms with E-state index < -0.39 is 23.3 Å². The van der Waals surface area contributed by atoms with Crippen LogP contribution in [0, 0.1) is 29.2 Å². The molecule has 1 aliphatic rings. The zero-order chi connectivity index (χ0) is 24.9. The van der Waals surface area contributed by atoms with Gasteiger partial charge >= 0.3 is 0 Å². The molecule has 1 saturated carbocycles. The van der Waals surface area contributed by atoms with E-state index in [1.807, 2.05) is 31.2 Å². The number of hydrogen-bond donors (Lipinski definition) is 0. The second-order valence-electron chi connectivity index (χ2n) is 9.90. The number of benzene rings is 3. The van der Waals surface area contributed by atoms with Crippen LogP contribution in [0.3, 0.4) is 0 Å². The monoisotopic (exact) mass is 482 g/mol. The molecule has 1 aliphatic carbocycles. The minimum atomic E-state index is -0.792. The molecule has 0 N–H and O–H groups in total. The van der Waals surface area contributed by atoms with Crippen LogP contribution in [0.25, 0.3) is 11.1 Å². The summed E-state index contributed by atoms with van der Waals surface area (Å²) in [5.74, 6) is -2.55. The molecule has 1 fully saturated rings. The highest BCUT2D eigenvalue weighted by molar-refractivity contribution is 5.65. The van der Waals surface area contributed by atoms with E-state index in [1.165, 1.54) is 0 Å². The minimum absolute atomic E-state index is 0.0176. The average Bonchev–Trinajstić information content (AvgIpc) is 2.88. The average molecular weight is 483 g/mol. The summed E-state index contributed by atoms with van der Waals surface area (Å²) in [5.41, 5.74) is 3.45. The van der Waals surface area contributed by atoms with E-state index in [4.69, 9.17) is 0 Å². The molecule has 3 aromatic carbocycles. The summed E-state index contributed by atoms with van der Waals surface area (Å²) in [6.45, 7) is 4.01. The first-order valence-electron chi connectivity index (χ1n) is 13.0. The van der Waals surface area contributed by atoms with Crippen molar-refractivity contribution >= 4 is 0 Å². The van der Waals surface area contributed by atoms with E-state index in [2.05, 4.69) is 6.92 Å². The van der Waals surface area contributed by atoms with Gasteiger partial charge in [0.15, 0.2) is 23.3 Å². The number of aryl methyl sites for hydroxylation is 3. The maximum atomic E-state index is 14.8. The molecule has 4 rings (SSSR count). The molecule has 0 unspecified atom stereocenters. The predicted molar refractivity (Wildman–Crippen MR) is 135 cm³/mol. The second-order valence-corrected chi connectivity index (χ2v) is 9.90. The standard InChI is InChI=1S/C31H34F4/c1-3-5-24-16-18-26(30(34)28(24)32)23-13-8-21(9-14-23)10-15-25-17-19-27(31(35)29(25)33)22-11-6-20(4-2)7-12-22/h6-7,11-12,16-19,21,23H,3-5,8-10,13-15H2,1-2H3. The predicted octanol–water partition coefficient (Wildman–Crippen LogP) is 9.33. The van der Waals surface area contributed by atoms with E-state index in [9.17, 15) is 17.6 Å². The van der Waals surface area contributed by atoms with Gasteiger partial charge in [-0.3, -0.25) is 0 Å². The van der Waals surface area contributed by atoms with Crippen molar-refractivity contribution in [3.63, 3.8) is 0 Å². The lowest BCUT2D eigenvalue weighted by Gasteiger charge is -2.29. The molecule has 0 amide bonds. The first-order chi connectivity index (χ1) is 16.9. The lowest BCUT2D eigenvalue weighted by atomic mass is 9.76. The van der Waals surface area contributed by atoms with Gasteiger partial charge in [-0.2, -0.15) is 0 Å². The summed E-state index contributed by atoms with van der Waals surface area (Å²) in [6.07, 6.45) is 6.80. The summed E-state index contributed by atoms with van der Waals surface area (Å²) >= 11 is 0. The lowest BCUT2D eigenvalue weighted by molar-refractivity contribution is 0.303. The number of halogens is 4. The SMILES string of the molecule is CCCc1ccc(C2CCC(CCc3ccc(-c4ccc(CC)cc4)c(F)c3F)CC2)c(F)c1F. The van der Waals surface area contributed by atoms with Crippen LogP contribution < -0.4 is 0 Å². The van der Waals surface area contributed by atoms with Crippen LogP contribution in [0.4, 0.5) is 17.6 Å². The molecule has 186 valence electrons. The Morgan fingerprint density at radius 1 is 0.657 bits per heavy atom. The van der Waals surface area contributed by atoms with Crippen LogP contribution in [0.1, 0.15) is 80.5 Å². The van der Waals surface area contributed by atoms with Gasteiger partial charge in [0.1, 0.15) is 0 Å².